The Kier molecular flexibility index (Phi) is 4.90. The van der Waals surface area contributed by atoms with Crippen LogP contribution in [0.2, 0.25) is 0 Å². The molecule has 0 amide bonds. The Morgan fingerprint density at radius 1 is 1.29 bits per heavy atom. The summed E-state index contributed by atoms with van der Waals surface area (Å²) in [4.78, 5) is 2.64. The number of likely N-dealkylation sites (tertiary alicyclic amines) is 1. The van der Waals surface area contributed by atoms with Crippen LogP contribution in [0.25, 0.3) is 0 Å². The summed E-state index contributed by atoms with van der Waals surface area (Å²) in [6.45, 7) is 14.0. The Morgan fingerprint density at radius 3 is 2.64 bits per heavy atom. The summed E-state index contributed by atoms with van der Waals surface area (Å²) in [6.07, 6.45) is 1.40. The van der Waals surface area contributed by atoms with Gasteiger partial charge in [-0.05, 0) is 31.7 Å². The fourth-order valence-corrected chi connectivity index (χ4v) is 2.53. The van der Waals surface area contributed by atoms with Gasteiger partial charge < -0.3 is 5.32 Å². The van der Waals surface area contributed by atoms with Gasteiger partial charge in [0.2, 0.25) is 0 Å². The van der Waals surface area contributed by atoms with Gasteiger partial charge in [0, 0.05) is 25.7 Å². The molecule has 2 nitrogen and oxygen atoms in total. The van der Waals surface area contributed by atoms with Gasteiger partial charge in [-0.2, -0.15) is 0 Å². The Bertz CT molecular complexity index is 158. The van der Waals surface area contributed by atoms with Crippen LogP contribution in [0.1, 0.15) is 34.1 Å². The number of likely N-dealkylation sites (N-methyl/N-ethyl adjacent to an activating group) is 1. The van der Waals surface area contributed by atoms with Crippen molar-refractivity contribution in [1.29, 1.82) is 0 Å². The highest BCUT2D eigenvalue weighted by molar-refractivity contribution is 4.81. The van der Waals surface area contributed by atoms with Crippen LogP contribution in [0.4, 0.5) is 0 Å². The molecule has 1 fully saturated rings. The van der Waals surface area contributed by atoms with Crippen molar-refractivity contribution >= 4 is 0 Å². The number of hydrogen-bond donors (Lipinski definition) is 1. The van der Waals surface area contributed by atoms with Crippen molar-refractivity contribution in [2.24, 2.45) is 11.8 Å². The molecule has 0 aromatic rings. The summed E-state index contributed by atoms with van der Waals surface area (Å²) in [6, 6.07) is 0.768. The van der Waals surface area contributed by atoms with Crippen LogP contribution in [0.15, 0.2) is 0 Å². The lowest BCUT2D eigenvalue weighted by molar-refractivity contribution is 0.0809. The van der Waals surface area contributed by atoms with Gasteiger partial charge in [0.05, 0.1) is 0 Å². The van der Waals surface area contributed by atoms with Crippen LogP contribution in [0, 0.1) is 11.8 Å². The van der Waals surface area contributed by atoms with E-state index in [0.717, 1.165) is 31.0 Å². The number of nitrogens with zero attached hydrogens (tertiary/aromatic N) is 1. The number of nitrogens with one attached hydrogen (secondary N) is 1. The van der Waals surface area contributed by atoms with E-state index in [1.54, 1.807) is 0 Å². The van der Waals surface area contributed by atoms with E-state index in [-0.39, 0.29) is 0 Å². The molecule has 84 valence electrons. The highest BCUT2D eigenvalue weighted by Crippen LogP contribution is 2.26. The maximum absolute atomic E-state index is 3.40. The molecule has 0 radical (unpaired) electrons. The molecule has 1 aliphatic rings. The molecule has 0 aromatic carbocycles. The van der Waals surface area contributed by atoms with E-state index in [0.29, 0.717) is 0 Å². The maximum atomic E-state index is 3.40. The lowest BCUT2D eigenvalue weighted by atomic mass is 9.86. The number of rotatable bonds is 4. The second-order valence-electron chi connectivity index (χ2n) is 4.91. The summed E-state index contributed by atoms with van der Waals surface area (Å²) >= 11 is 0. The fraction of sp³-hybridized carbons (Fsp3) is 1.00. The molecular weight excluding hydrogens is 172 g/mol. The largest absolute Gasteiger partial charge is 0.316 e. The zero-order valence-corrected chi connectivity index (χ0v) is 10.2. The van der Waals surface area contributed by atoms with Gasteiger partial charge >= 0.3 is 0 Å². The van der Waals surface area contributed by atoms with Gasteiger partial charge in [0.15, 0.2) is 0 Å². The van der Waals surface area contributed by atoms with E-state index in [4.69, 9.17) is 0 Å². The Morgan fingerprint density at radius 2 is 2.00 bits per heavy atom. The molecule has 1 N–H and O–H groups in total. The topological polar surface area (TPSA) is 15.3 Å². The van der Waals surface area contributed by atoms with Crippen molar-refractivity contribution in [3.05, 3.63) is 0 Å². The molecule has 0 bridgehead atoms. The predicted molar refractivity (Wildman–Crippen MR) is 62.5 cm³/mol. The SMILES string of the molecule is CCNCCN1CC(C)CC(C)C1C. The fourth-order valence-electron chi connectivity index (χ4n) is 2.53. The summed E-state index contributed by atoms with van der Waals surface area (Å²) in [5, 5.41) is 3.40. The van der Waals surface area contributed by atoms with Crippen LogP contribution in [0.5, 0.6) is 0 Å². The molecule has 14 heavy (non-hydrogen) atoms. The van der Waals surface area contributed by atoms with Crippen molar-refractivity contribution in [2.45, 2.75) is 40.2 Å². The second kappa shape index (κ2) is 5.72. The van der Waals surface area contributed by atoms with Gasteiger partial charge in [-0.15, -0.1) is 0 Å². The first-order valence-corrected chi connectivity index (χ1v) is 6.09. The third-order valence-electron chi connectivity index (χ3n) is 3.55. The molecule has 2 heteroatoms. The molecule has 1 saturated heterocycles. The Balaban J connectivity index is 2.33. The zero-order valence-electron chi connectivity index (χ0n) is 10.2. The van der Waals surface area contributed by atoms with E-state index in [2.05, 4.69) is 37.9 Å². The van der Waals surface area contributed by atoms with Crippen molar-refractivity contribution in [3.8, 4) is 0 Å². The Hall–Kier alpha value is -0.0800. The maximum Gasteiger partial charge on any atom is 0.0110 e. The van der Waals surface area contributed by atoms with Gasteiger partial charge in [-0.25, -0.2) is 0 Å². The third-order valence-corrected chi connectivity index (χ3v) is 3.55. The van der Waals surface area contributed by atoms with Crippen molar-refractivity contribution in [1.82, 2.24) is 10.2 Å². The molecule has 3 atom stereocenters. The molecule has 0 aromatic heterocycles. The minimum Gasteiger partial charge on any atom is -0.316 e. The van der Waals surface area contributed by atoms with E-state index in [1.165, 1.54) is 19.5 Å². The molecule has 1 heterocycles. The highest BCUT2D eigenvalue weighted by atomic mass is 15.2. The first-order chi connectivity index (χ1) is 6.65. The lowest BCUT2D eigenvalue weighted by Crippen LogP contribution is -2.48. The third kappa shape index (κ3) is 3.25. The first kappa shape index (κ1) is 12.0. The van der Waals surface area contributed by atoms with Gasteiger partial charge in [-0.3, -0.25) is 4.90 Å². The van der Waals surface area contributed by atoms with E-state index in [9.17, 15) is 0 Å². The standard InChI is InChI=1S/C12H26N2/c1-5-13-6-7-14-9-10(2)8-11(3)12(14)4/h10-13H,5-9H2,1-4H3. The monoisotopic (exact) mass is 198 g/mol. The molecule has 1 aliphatic heterocycles. The summed E-state index contributed by atoms with van der Waals surface area (Å²) < 4.78 is 0. The average Bonchev–Trinajstić information content (AvgIpc) is 2.13. The number of piperidine rings is 1. The summed E-state index contributed by atoms with van der Waals surface area (Å²) in [7, 11) is 0. The quantitative estimate of drug-likeness (QED) is 0.695. The normalized spacial score (nSPS) is 34.7. The van der Waals surface area contributed by atoms with E-state index < -0.39 is 0 Å². The van der Waals surface area contributed by atoms with Crippen molar-refractivity contribution in [2.75, 3.05) is 26.2 Å². The molecule has 0 spiro atoms. The van der Waals surface area contributed by atoms with Gasteiger partial charge in [0.1, 0.15) is 0 Å². The summed E-state index contributed by atoms with van der Waals surface area (Å²) in [5.74, 6) is 1.74. The minimum atomic E-state index is 0.768. The predicted octanol–water partition coefficient (Wildman–Crippen LogP) is 1.96. The van der Waals surface area contributed by atoms with Gasteiger partial charge in [0.25, 0.3) is 0 Å². The average molecular weight is 198 g/mol. The zero-order chi connectivity index (χ0) is 10.6. The Labute approximate surface area is 89.1 Å². The summed E-state index contributed by atoms with van der Waals surface area (Å²) in [5.41, 5.74) is 0. The lowest BCUT2D eigenvalue weighted by Gasteiger charge is -2.41. The van der Waals surface area contributed by atoms with E-state index in [1.807, 2.05) is 0 Å². The molecular formula is C12H26N2. The van der Waals surface area contributed by atoms with E-state index >= 15 is 0 Å². The minimum absolute atomic E-state index is 0.768. The smallest absolute Gasteiger partial charge is 0.0110 e. The molecule has 3 unspecified atom stereocenters. The van der Waals surface area contributed by atoms with Crippen LogP contribution in [-0.2, 0) is 0 Å². The molecule has 1 rings (SSSR count). The molecule has 0 saturated carbocycles. The van der Waals surface area contributed by atoms with Crippen LogP contribution in [-0.4, -0.2) is 37.1 Å². The number of hydrogen-bond acceptors (Lipinski definition) is 2. The molecule has 0 aliphatic carbocycles. The highest BCUT2D eigenvalue weighted by Gasteiger charge is 2.27. The van der Waals surface area contributed by atoms with Crippen molar-refractivity contribution in [3.63, 3.8) is 0 Å². The van der Waals surface area contributed by atoms with Crippen molar-refractivity contribution < 1.29 is 0 Å². The first-order valence-electron chi connectivity index (χ1n) is 6.09. The van der Waals surface area contributed by atoms with Crippen LogP contribution >= 0.6 is 0 Å². The van der Waals surface area contributed by atoms with Crippen LogP contribution < -0.4 is 5.32 Å². The van der Waals surface area contributed by atoms with Gasteiger partial charge in [-0.1, -0.05) is 20.8 Å². The van der Waals surface area contributed by atoms with Crippen LogP contribution in [0.3, 0.4) is 0 Å². The second-order valence-corrected chi connectivity index (χ2v) is 4.91.